The summed E-state index contributed by atoms with van der Waals surface area (Å²) in [5, 5.41) is 6.69. The molecule has 1 aromatic carbocycles. The van der Waals surface area contributed by atoms with Gasteiger partial charge in [-0.05, 0) is 25.1 Å². The lowest BCUT2D eigenvalue weighted by Crippen LogP contribution is -1.95. The smallest absolute Gasteiger partial charge is 0.130 e. The highest BCUT2D eigenvalue weighted by Crippen LogP contribution is 2.12. The molecule has 0 bridgehead atoms. The summed E-state index contributed by atoms with van der Waals surface area (Å²) >= 11 is 0. The Kier molecular flexibility index (Phi) is 2.49. The Bertz CT molecular complexity index is 378. The van der Waals surface area contributed by atoms with Gasteiger partial charge in [-0.2, -0.15) is 5.10 Å². The molecule has 0 aliphatic rings. The van der Waals surface area contributed by atoms with Crippen LogP contribution in [0.3, 0.4) is 0 Å². The van der Waals surface area contributed by atoms with Crippen molar-refractivity contribution in [1.82, 2.24) is 10.2 Å². The van der Waals surface area contributed by atoms with E-state index >= 15 is 0 Å². The zero-order chi connectivity index (χ0) is 9.80. The molecule has 0 aliphatic heterocycles. The quantitative estimate of drug-likeness (QED) is 0.802. The Morgan fingerprint density at radius 2 is 2.00 bits per heavy atom. The number of aromatic nitrogens is 2. The van der Waals surface area contributed by atoms with Gasteiger partial charge in [0.15, 0.2) is 0 Å². The van der Waals surface area contributed by atoms with Crippen molar-refractivity contribution in [3.05, 3.63) is 47.8 Å². The highest BCUT2D eigenvalue weighted by molar-refractivity contribution is 5.26. The van der Waals surface area contributed by atoms with Gasteiger partial charge in [-0.25, -0.2) is 0 Å². The van der Waals surface area contributed by atoms with Gasteiger partial charge >= 0.3 is 0 Å². The normalized spacial score (nSPS) is 10.1. The minimum absolute atomic E-state index is 0.531. The van der Waals surface area contributed by atoms with Crippen molar-refractivity contribution in [3.63, 3.8) is 0 Å². The molecule has 0 radical (unpaired) electrons. The zero-order valence-corrected chi connectivity index (χ0v) is 8.03. The summed E-state index contributed by atoms with van der Waals surface area (Å²) < 4.78 is 5.53. The molecule has 0 unspecified atom stereocenters. The molecule has 3 heteroatoms. The Labute approximate surface area is 82.7 Å². The van der Waals surface area contributed by atoms with Gasteiger partial charge in [0.1, 0.15) is 12.4 Å². The molecule has 1 N–H and O–H groups in total. The van der Waals surface area contributed by atoms with Crippen LogP contribution in [0.2, 0.25) is 0 Å². The third-order valence-electron chi connectivity index (χ3n) is 1.97. The van der Waals surface area contributed by atoms with Crippen LogP contribution in [0, 0.1) is 6.92 Å². The molecule has 0 atom stereocenters. The molecule has 0 saturated heterocycles. The molecule has 1 heterocycles. The minimum Gasteiger partial charge on any atom is -0.487 e. The standard InChI is InChI=1S/C11H12N2O/c1-9-2-4-11(5-3-9)14-8-10-6-7-12-13-10/h2-7H,8H2,1H3,(H,12,13). The highest BCUT2D eigenvalue weighted by atomic mass is 16.5. The first-order valence-corrected chi connectivity index (χ1v) is 4.52. The van der Waals surface area contributed by atoms with E-state index < -0.39 is 0 Å². The monoisotopic (exact) mass is 188 g/mol. The number of nitrogens with one attached hydrogen (secondary N) is 1. The van der Waals surface area contributed by atoms with Crippen molar-refractivity contribution < 1.29 is 4.74 Å². The van der Waals surface area contributed by atoms with Gasteiger partial charge in [0.25, 0.3) is 0 Å². The van der Waals surface area contributed by atoms with E-state index in [1.165, 1.54) is 5.56 Å². The lowest BCUT2D eigenvalue weighted by Gasteiger charge is -2.04. The van der Waals surface area contributed by atoms with Crippen LogP contribution >= 0.6 is 0 Å². The third kappa shape index (κ3) is 2.13. The predicted octanol–water partition coefficient (Wildman–Crippen LogP) is 2.30. The van der Waals surface area contributed by atoms with Crippen LogP contribution in [0.15, 0.2) is 36.5 Å². The maximum atomic E-state index is 5.53. The number of rotatable bonds is 3. The Morgan fingerprint density at radius 1 is 1.21 bits per heavy atom. The number of H-pyrrole nitrogens is 1. The van der Waals surface area contributed by atoms with Crippen LogP contribution in [-0.2, 0) is 6.61 Å². The Morgan fingerprint density at radius 3 is 2.64 bits per heavy atom. The van der Waals surface area contributed by atoms with Crippen LogP contribution in [0.5, 0.6) is 5.75 Å². The van der Waals surface area contributed by atoms with E-state index in [-0.39, 0.29) is 0 Å². The van der Waals surface area contributed by atoms with Crippen molar-refractivity contribution in [2.24, 2.45) is 0 Å². The minimum atomic E-state index is 0.531. The summed E-state index contributed by atoms with van der Waals surface area (Å²) in [7, 11) is 0. The van der Waals surface area contributed by atoms with Gasteiger partial charge in [-0.1, -0.05) is 17.7 Å². The predicted molar refractivity (Wildman–Crippen MR) is 54.1 cm³/mol. The van der Waals surface area contributed by atoms with Crippen molar-refractivity contribution in [2.75, 3.05) is 0 Å². The average molecular weight is 188 g/mol. The molecule has 14 heavy (non-hydrogen) atoms. The molecule has 2 aromatic rings. The molecule has 0 spiro atoms. The molecule has 0 fully saturated rings. The van der Waals surface area contributed by atoms with E-state index in [4.69, 9.17) is 4.74 Å². The first-order chi connectivity index (χ1) is 6.84. The Hall–Kier alpha value is -1.77. The topological polar surface area (TPSA) is 37.9 Å². The van der Waals surface area contributed by atoms with E-state index in [9.17, 15) is 0 Å². The first-order valence-electron chi connectivity index (χ1n) is 4.52. The summed E-state index contributed by atoms with van der Waals surface area (Å²) in [6.45, 7) is 2.59. The van der Waals surface area contributed by atoms with E-state index in [1.807, 2.05) is 30.3 Å². The van der Waals surface area contributed by atoms with E-state index in [0.717, 1.165) is 11.4 Å². The van der Waals surface area contributed by atoms with Crippen LogP contribution in [0.4, 0.5) is 0 Å². The van der Waals surface area contributed by atoms with Gasteiger partial charge in [-0.15, -0.1) is 0 Å². The fourth-order valence-corrected chi connectivity index (χ4v) is 1.16. The SMILES string of the molecule is Cc1ccc(OCc2ccn[nH]2)cc1. The van der Waals surface area contributed by atoms with Gasteiger partial charge in [0.2, 0.25) is 0 Å². The summed E-state index contributed by atoms with van der Waals surface area (Å²) in [6.07, 6.45) is 1.72. The lowest BCUT2D eigenvalue weighted by atomic mass is 10.2. The maximum Gasteiger partial charge on any atom is 0.130 e. The molecular weight excluding hydrogens is 176 g/mol. The fourth-order valence-electron chi connectivity index (χ4n) is 1.16. The fraction of sp³-hybridized carbons (Fsp3) is 0.182. The first kappa shape index (κ1) is 8.81. The van der Waals surface area contributed by atoms with E-state index in [1.54, 1.807) is 6.20 Å². The summed E-state index contributed by atoms with van der Waals surface area (Å²) in [5.74, 6) is 0.880. The highest BCUT2D eigenvalue weighted by Gasteiger charge is 1.95. The summed E-state index contributed by atoms with van der Waals surface area (Å²) in [5.41, 5.74) is 2.21. The van der Waals surface area contributed by atoms with Crippen molar-refractivity contribution in [2.45, 2.75) is 13.5 Å². The van der Waals surface area contributed by atoms with E-state index in [2.05, 4.69) is 17.1 Å². The van der Waals surface area contributed by atoms with Crippen LogP contribution < -0.4 is 4.74 Å². The van der Waals surface area contributed by atoms with Gasteiger partial charge in [-0.3, -0.25) is 5.10 Å². The van der Waals surface area contributed by atoms with Crippen LogP contribution in [-0.4, -0.2) is 10.2 Å². The molecule has 3 nitrogen and oxygen atoms in total. The van der Waals surface area contributed by atoms with Crippen LogP contribution in [0.1, 0.15) is 11.3 Å². The second kappa shape index (κ2) is 3.96. The molecule has 0 aliphatic carbocycles. The van der Waals surface area contributed by atoms with Gasteiger partial charge < -0.3 is 4.74 Å². The molecule has 0 amide bonds. The largest absolute Gasteiger partial charge is 0.487 e. The zero-order valence-electron chi connectivity index (χ0n) is 8.03. The van der Waals surface area contributed by atoms with Crippen LogP contribution in [0.25, 0.3) is 0 Å². The maximum absolute atomic E-state index is 5.53. The molecule has 2 rings (SSSR count). The van der Waals surface area contributed by atoms with Crippen molar-refractivity contribution in [3.8, 4) is 5.75 Å². The lowest BCUT2D eigenvalue weighted by molar-refractivity contribution is 0.301. The number of aromatic amines is 1. The second-order valence-electron chi connectivity index (χ2n) is 3.18. The number of hydrogen-bond acceptors (Lipinski definition) is 2. The number of ether oxygens (including phenoxy) is 1. The van der Waals surface area contributed by atoms with E-state index in [0.29, 0.717) is 6.61 Å². The number of benzene rings is 1. The number of nitrogens with zero attached hydrogens (tertiary/aromatic N) is 1. The summed E-state index contributed by atoms with van der Waals surface area (Å²) in [4.78, 5) is 0. The number of hydrogen-bond donors (Lipinski definition) is 1. The van der Waals surface area contributed by atoms with Gasteiger partial charge in [0.05, 0.1) is 5.69 Å². The second-order valence-corrected chi connectivity index (χ2v) is 3.18. The molecule has 1 aromatic heterocycles. The third-order valence-corrected chi connectivity index (χ3v) is 1.97. The Balaban J connectivity index is 1.95. The van der Waals surface area contributed by atoms with Crippen molar-refractivity contribution in [1.29, 1.82) is 0 Å². The molecule has 72 valence electrons. The van der Waals surface area contributed by atoms with Gasteiger partial charge in [0, 0.05) is 6.20 Å². The summed E-state index contributed by atoms with van der Waals surface area (Å²) in [6, 6.07) is 9.89. The molecule has 0 saturated carbocycles. The average Bonchev–Trinajstić information content (AvgIpc) is 2.70. The number of aryl methyl sites for hydroxylation is 1. The molecular formula is C11H12N2O. The van der Waals surface area contributed by atoms with Crippen molar-refractivity contribution >= 4 is 0 Å².